The average Bonchev–Trinajstić information content (AvgIpc) is 2.99. The van der Waals surface area contributed by atoms with E-state index in [0.29, 0.717) is 16.1 Å². The highest BCUT2D eigenvalue weighted by Crippen LogP contribution is 2.29. The molecule has 0 bridgehead atoms. The number of rotatable bonds is 5. The fourth-order valence-electron chi connectivity index (χ4n) is 2.20. The molecule has 0 radical (unpaired) electrons. The maximum atomic E-state index is 13.1. The molecule has 0 aliphatic rings. The number of halogens is 1. The van der Waals surface area contributed by atoms with Crippen molar-refractivity contribution in [3.63, 3.8) is 0 Å². The van der Waals surface area contributed by atoms with E-state index in [1.165, 1.54) is 31.4 Å². The molecular formula is C16H13ClN2O4S2. The SMILES string of the molecule is COC(=O)CSc1nc2ccccc2n1S(=O)(=O)c1ccc(Cl)cc1. The highest BCUT2D eigenvalue weighted by molar-refractivity contribution is 8.00. The van der Waals surface area contributed by atoms with Crippen molar-refractivity contribution in [2.24, 2.45) is 0 Å². The van der Waals surface area contributed by atoms with E-state index < -0.39 is 16.0 Å². The van der Waals surface area contributed by atoms with Gasteiger partial charge in [-0.25, -0.2) is 17.4 Å². The number of nitrogens with zero attached hydrogens (tertiary/aromatic N) is 2. The number of imidazole rings is 1. The van der Waals surface area contributed by atoms with Crippen LogP contribution in [0.3, 0.4) is 0 Å². The molecule has 0 fully saturated rings. The molecule has 3 aromatic rings. The van der Waals surface area contributed by atoms with E-state index in [1.807, 2.05) is 0 Å². The maximum Gasteiger partial charge on any atom is 0.316 e. The van der Waals surface area contributed by atoms with Crippen LogP contribution in [0.5, 0.6) is 0 Å². The molecule has 0 N–H and O–H groups in total. The molecule has 130 valence electrons. The molecule has 0 unspecified atom stereocenters. The summed E-state index contributed by atoms with van der Waals surface area (Å²) in [4.78, 5) is 15.8. The average molecular weight is 397 g/mol. The molecule has 0 saturated carbocycles. The van der Waals surface area contributed by atoms with Crippen LogP contribution in [0.4, 0.5) is 0 Å². The number of carbonyl (C=O) groups is 1. The summed E-state index contributed by atoms with van der Waals surface area (Å²) >= 11 is 6.85. The fourth-order valence-corrected chi connectivity index (χ4v) is 4.87. The first-order chi connectivity index (χ1) is 11.9. The Morgan fingerprint density at radius 2 is 1.88 bits per heavy atom. The van der Waals surface area contributed by atoms with Gasteiger partial charge < -0.3 is 4.74 Å². The van der Waals surface area contributed by atoms with E-state index in [1.54, 1.807) is 24.3 Å². The lowest BCUT2D eigenvalue weighted by Gasteiger charge is -2.10. The zero-order valence-electron chi connectivity index (χ0n) is 13.0. The summed E-state index contributed by atoms with van der Waals surface area (Å²) in [6.07, 6.45) is 0. The number of methoxy groups -OCH3 is 1. The zero-order valence-corrected chi connectivity index (χ0v) is 15.4. The Bertz CT molecular complexity index is 1030. The van der Waals surface area contributed by atoms with Crippen molar-refractivity contribution >= 4 is 50.4 Å². The van der Waals surface area contributed by atoms with Crippen LogP contribution in [0.15, 0.2) is 58.6 Å². The van der Waals surface area contributed by atoms with Crippen LogP contribution in [0, 0.1) is 0 Å². The van der Waals surface area contributed by atoms with Crippen LogP contribution < -0.4 is 0 Å². The number of aromatic nitrogens is 2. The zero-order chi connectivity index (χ0) is 18.0. The predicted molar refractivity (Wildman–Crippen MR) is 96.5 cm³/mol. The molecule has 6 nitrogen and oxygen atoms in total. The van der Waals surface area contributed by atoms with Gasteiger partial charge in [0.25, 0.3) is 10.0 Å². The van der Waals surface area contributed by atoms with Crippen LogP contribution in [0.1, 0.15) is 0 Å². The Kier molecular flexibility index (Phi) is 5.03. The second-order valence-electron chi connectivity index (χ2n) is 4.97. The van der Waals surface area contributed by atoms with E-state index in [9.17, 15) is 13.2 Å². The molecule has 2 aromatic carbocycles. The number of benzene rings is 2. The van der Waals surface area contributed by atoms with Crippen LogP contribution in [-0.4, -0.2) is 36.2 Å². The van der Waals surface area contributed by atoms with Gasteiger partial charge in [-0.15, -0.1) is 0 Å². The first-order valence-corrected chi connectivity index (χ1v) is 9.92. The summed E-state index contributed by atoms with van der Waals surface area (Å²) < 4.78 is 32.0. The predicted octanol–water partition coefficient (Wildman–Crippen LogP) is 3.19. The minimum Gasteiger partial charge on any atom is -0.468 e. The molecule has 0 amide bonds. The molecule has 1 heterocycles. The van der Waals surface area contributed by atoms with E-state index in [4.69, 9.17) is 11.6 Å². The number of hydrogen-bond donors (Lipinski definition) is 0. The standard InChI is InChI=1S/C16H13ClN2O4S2/c1-23-15(20)10-24-16-18-13-4-2-3-5-14(13)19(16)25(21,22)12-8-6-11(17)7-9-12/h2-9H,10H2,1H3. The van der Waals surface area contributed by atoms with Gasteiger partial charge in [0.15, 0.2) is 5.16 Å². The Hall–Kier alpha value is -2.03. The first kappa shape index (κ1) is 17.8. The van der Waals surface area contributed by atoms with Gasteiger partial charge in [-0.1, -0.05) is 35.5 Å². The van der Waals surface area contributed by atoms with Crippen LogP contribution in [-0.2, 0) is 19.6 Å². The van der Waals surface area contributed by atoms with Crippen molar-refractivity contribution < 1.29 is 17.9 Å². The Labute approximate surface area is 153 Å². The molecular weight excluding hydrogens is 384 g/mol. The largest absolute Gasteiger partial charge is 0.468 e. The highest BCUT2D eigenvalue weighted by Gasteiger charge is 2.25. The highest BCUT2D eigenvalue weighted by atomic mass is 35.5. The lowest BCUT2D eigenvalue weighted by Crippen LogP contribution is -2.15. The molecule has 0 atom stereocenters. The minimum atomic E-state index is -3.90. The quantitative estimate of drug-likeness (QED) is 0.486. The van der Waals surface area contributed by atoms with E-state index in [2.05, 4.69) is 9.72 Å². The number of esters is 1. The molecule has 0 aliphatic carbocycles. The molecule has 25 heavy (non-hydrogen) atoms. The van der Waals surface area contributed by atoms with Gasteiger partial charge >= 0.3 is 5.97 Å². The second-order valence-corrected chi connectivity index (χ2v) is 8.14. The number of fused-ring (bicyclic) bond motifs is 1. The van der Waals surface area contributed by atoms with Crippen molar-refractivity contribution in [2.45, 2.75) is 10.1 Å². The van der Waals surface area contributed by atoms with Crippen molar-refractivity contribution in [3.8, 4) is 0 Å². The van der Waals surface area contributed by atoms with Gasteiger partial charge in [0, 0.05) is 5.02 Å². The van der Waals surface area contributed by atoms with Crippen LogP contribution >= 0.6 is 23.4 Å². The normalized spacial score (nSPS) is 11.6. The third kappa shape index (κ3) is 3.51. The van der Waals surface area contributed by atoms with Gasteiger partial charge in [0.1, 0.15) is 0 Å². The summed E-state index contributed by atoms with van der Waals surface area (Å²) in [5.74, 6) is -0.511. The second kappa shape index (κ2) is 7.07. The van der Waals surface area contributed by atoms with Gasteiger partial charge in [-0.2, -0.15) is 0 Å². The molecule has 9 heteroatoms. The topological polar surface area (TPSA) is 78.3 Å². The number of thioether (sulfide) groups is 1. The number of hydrogen-bond acceptors (Lipinski definition) is 6. The van der Waals surface area contributed by atoms with Crippen LogP contribution in [0.25, 0.3) is 11.0 Å². The lowest BCUT2D eigenvalue weighted by atomic mass is 10.3. The van der Waals surface area contributed by atoms with Gasteiger partial charge in [-0.05, 0) is 36.4 Å². The minimum absolute atomic E-state index is 0.0457. The van der Waals surface area contributed by atoms with Crippen molar-refractivity contribution in [3.05, 3.63) is 53.6 Å². The third-order valence-electron chi connectivity index (χ3n) is 3.39. The summed E-state index contributed by atoms with van der Waals surface area (Å²) in [5.41, 5.74) is 0.956. The molecule has 0 aliphatic heterocycles. The van der Waals surface area contributed by atoms with Gasteiger partial charge in [0.05, 0.1) is 28.8 Å². The number of carbonyl (C=O) groups excluding carboxylic acids is 1. The summed E-state index contributed by atoms with van der Waals surface area (Å²) in [5, 5.41) is 0.635. The monoisotopic (exact) mass is 396 g/mol. The first-order valence-electron chi connectivity index (χ1n) is 7.12. The fraction of sp³-hybridized carbons (Fsp3) is 0.125. The Morgan fingerprint density at radius 1 is 1.20 bits per heavy atom. The maximum absolute atomic E-state index is 13.1. The molecule has 3 rings (SSSR count). The molecule has 0 saturated heterocycles. The van der Waals surface area contributed by atoms with Crippen LogP contribution in [0.2, 0.25) is 5.02 Å². The lowest BCUT2D eigenvalue weighted by molar-refractivity contribution is -0.137. The molecule has 1 aromatic heterocycles. The number of para-hydroxylation sites is 2. The summed E-state index contributed by atoms with van der Waals surface area (Å²) in [7, 11) is -2.63. The van der Waals surface area contributed by atoms with E-state index >= 15 is 0 Å². The molecule has 0 spiro atoms. The van der Waals surface area contributed by atoms with Gasteiger partial charge in [-0.3, -0.25) is 4.79 Å². The van der Waals surface area contributed by atoms with Crippen molar-refractivity contribution in [2.75, 3.05) is 12.9 Å². The third-order valence-corrected chi connectivity index (χ3v) is 6.39. The van der Waals surface area contributed by atoms with E-state index in [-0.39, 0.29) is 15.8 Å². The smallest absolute Gasteiger partial charge is 0.316 e. The number of ether oxygens (including phenoxy) is 1. The Morgan fingerprint density at radius 3 is 2.56 bits per heavy atom. The van der Waals surface area contributed by atoms with Crippen molar-refractivity contribution in [1.82, 2.24) is 8.96 Å². The summed E-state index contributed by atoms with van der Waals surface area (Å²) in [6.45, 7) is 0. The van der Waals surface area contributed by atoms with E-state index in [0.717, 1.165) is 15.7 Å². The van der Waals surface area contributed by atoms with Crippen molar-refractivity contribution in [1.29, 1.82) is 0 Å². The van der Waals surface area contributed by atoms with Gasteiger partial charge in [0.2, 0.25) is 0 Å². The summed E-state index contributed by atoms with van der Waals surface area (Å²) in [6, 6.07) is 12.8. The Balaban J connectivity index is 2.15.